The number of hydrogen-bond acceptors (Lipinski definition) is 5. The molecule has 35 heavy (non-hydrogen) atoms. The molecule has 0 saturated carbocycles. The highest BCUT2D eigenvalue weighted by atomic mass is 35.5. The lowest BCUT2D eigenvalue weighted by Gasteiger charge is -2.25. The fourth-order valence-corrected chi connectivity index (χ4v) is 4.49. The quantitative estimate of drug-likeness (QED) is 0.284. The zero-order valence-electron chi connectivity index (χ0n) is 19.7. The van der Waals surface area contributed by atoms with Gasteiger partial charge in [-0.15, -0.1) is 0 Å². The van der Waals surface area contributed by atoms with Crippen LogP contribution < -0.4 is 10.6 Å². The van der Waals surface area contributed by atoms with Crippen LogP contribution in [0, 0.1) is 11.5 Å². The second kappa shape index (κ2) is 11.2. The van der Waals surface area contributed by atoms with Crippen molar-refractivity contribution in [2.24, 2.45) is 12.0 Å². The third-order valence-electron chi connectivity index (χ3n) is 6.26. The van der Waals surface area contributed by atoms with Crippen LogP contribution >= 0.6 is 11.6 Å². The standard InChI is InChI=1S/C24H29ClN8O2/c1-31-21(14-20(30-31)17-7-9-18(25)10-8-17)29-24(27-16-26)28-19-6-2-3-13-33(23(19)35)15-22(34)32-11-4-5-12-32/h7-10,14,19H,2-6,11-13,15H2,1H3,(H2,27,28,29). The van der Waals surface area contributed by atoms with Gasteiger partial charge in [-0.1, -0.05) is 23.7 Å². The molecule has 1 aromatic carbocycles. The molecule has 0 bridgehead atoms. The maximum Gasteiger partial charge on any atom is 0.247 e. The number of hydrogen-bond donors (Lipinski definition) is 2. The third-order valence-corrected chi connectivity index (χ3v) is 6.51. The number of carbonyl (C=O) groups excluding carboxylic acids is 2. The van der Waals surface area contributed by atoms with Crippen molar-refractivity contribution in [3.05, 3.63) is 35.4 Å². The van der Waals surface area contributed by atoms with E-state index in [1.165, 1.54) is 0 Å². The molecule has 184 valence electrons. The minimum absolute atomic E-state index is 0.0152. The van der Waals surface area contributed by atoms with Crippen molar-refractivity contribution in [1.29, 1.82) is 5.26 Å². The lowest BCUT2D eigenvalue weighted by Crippen LogP contribution is -2.45. The summed E-state index contributed by atoms with van der Waals surface area (Å²) in [6.07, 6.45) is 6.06. The molecule has 2 saturated heterocycles. The molecule has 2 N–H and O–H groups in total. The fourth-order valence-electron chi connectivity index (χ4n) is 4.36. The van der Waals surface area contributed by atoms with E-state index >= 15 is 0 Å². The Hall–Kier alpha value is -3.58. The van der Waals surface area contributed by atoms with Crippen LogP contribution in [0.25, 0.3) is 11.3 Å². The monoisotopic (exact) mass is 496 g/mol. The maximum absolute atomic E-state index is 13.3. The first kappa shape index (κ1) is 24.5. The van der Waals surface area contributed by atoms with E-state index in [1.54, 1.807) is 28.8 Å². The Morgan fingerprint density at radius 1 is 1.20 bits per heavy atom. The van der Waals surface area contributed by atoms with Crippen LogP contribution in [0.5, 0.6) is 0 Å². The number of benzene rings is 1. The first-order valence-electron chi connectivity index (χ1n) is 11.8. The van der Waals surface area contributed by atoms with Gasteiger partial charge in [0.2, 0.25) is 17.8 Å². The Morgan fingerprint density at radius 2 is 1.91 bits per heavy atom. The molecule has 1 aromatic heterocycles. The zero-order chi connectivity index (χ0) is 24.8. The molecule has 11 heteroatoms. The van der Waals surface area contributed by atoms with E-state index in [2.05, 4.69) is 20.7 Å². The highest BCUT2D eigenvalue weighted by Gasteiger charge is 2.30. The molecule has 10 nitrogen and oxygen atoms in total. The number of nitrogens with zero attached hydrogens (tertiary/aromatic N) is 6. The zero-order valence-corrected chi connectivity index (χ0v) is 20.5. The molecule has 1 atom stereocenters. The van der Waals surface area contributed by atoms with Crippen molar-refractivity contribution in [3.8, 4) is 17.5 Å². The number of anilines is 1. The first-order chi connectivity index (χ1) is 16.9. The summed E-state index contributed by atoms with van der Waals surface area (Å²) in [6, 6.07) is 8.48. The van der Waals surface area contributed by atoms with Crippen LogP contribution in [0.2, 0.25) is 5.02 Å². The van der Waals surface area contributed by atoms with Gasteiger partial charge in [0.05, 0.1) is 12.2 Å². The molecule has 1 unspecified atom stereocenters. The summed E-state index contributed by atoms with van der Waals surface area (Å²) in [6.45, 7) is 2.12. The molecule has 2 aliphatic heterocycles. The minimum Gasteiger partial charge on any atom is -0.341 e. The number of rotatable bonds is 5. The number of guanidine groups is 1. The number of likely N-dealkylation sites (tertiary alicyclic amines) is 2. The number of aromatic nitrogens is 2. The largest absolute Gasteiger partial charge is 0.341 e. The average molecular weight is 497 g/mol. The molecule has 0 spiro atoms. The Kier molecular flexibility index (Phi) is 7.87. The van der Waals surface area contributed by atoms with Crippen molar-refractivity contribution in [2.75, 3.05) is 31.5 Å². The Morgan fingerprint density at radius 3 is 2.63 bits per heavy atom. The first-order valence-corrected chi connectivity index (χ1v) is 12.2. The highest BCUT2D eigenvalue weighted by Crippen LogP contribution is 2.23. The van der Waals surface area contributed by atoms with E-state index < -0.39 is 6.04 Å². The fraction of sp³-hybridized carbons (Fsp3) is 0.458. The molecule has 2 fully saturated rings. The van der Waals surface area contributed by atoms with E-state index in [9.17, 15) is 14.9 Å². The van der Waals surface area contributed by atoms with Crippen molar-refractivity contribution < 1.29 is 9.59 Å². The van der Waals surface area contributed by atoms with E-state index in [-0.39, 0.29) is 24.3 Å². The lowest BCUT2D eigenvalue weighted by molar-refractivity contribution is -0.140. The number of halogens is 1. The predicted molar refractivity (Wildman–Crippen MR) is 133 cm³/mol. The van der Waals surface area contributed by atoms with Gasteiger partial charge in [0.15, 0.2) is 6.19 Å². The molecule has 4 rings (SSSR count). The Balaban J connectivity index is 1.50. The highest BCUT2D eigenvalue weighted by molar-refractivity contribution is 6.30. The van der Waals surface area contributed by atoms with E-state index in [0.717, 1.165) is 50.0 Å². The lowest BCUT2D eigenvalue weighted by atomic mass is 10.1. The van der Waals surface area contributed by atoms with Gasteiger partial charge in [-0.3, -0.25) is 19.6 Å². The van der Waals surface area contributed by atoms with Crippen LogP contribution in [0.4, 0.5) is 5.82 Å². The molecule has 2 amide bonds. The van der Waals surface area contributed by atoms with Gasteiger partial charge < -0.3 is 15.1 Å². The average Bonchev–Trinajstić information content (AvgIpc) is 3.47. The molecule has 3 heterocycles. The molecule has 2 aromatic rings. The van der Waals surface area contributed by atoms with Crippen LogP contribution in [-0.4, -0.2) is 69.6 Å². The molecule has 2 aliphatic rings. The molecule has 0 aliphatic carbocycles. The number of carbonyl (C=O) groups is 2. The molecular weight excluding hydrogens is 468 g/mol. The molecular formula is C24H29ClN8O2. The normalized spacial score (nSPS) is 18.8. The predicted octanol–water partition coefficient (Wildman–Crippen LogP) is 2.58. The number of aliphatic imine (C=N–C) groups is 1. The summed E-state index contributed by atoms with van der Waals surface area (Å²) in [4.78, 5) is 33.9. The maximum atomic E-state index is 13.3. The van der Waals surface area contributed by atoms with Crippen molar-refractivity contribution in [1.82, 2.24) is 24.9 Å². The SMILES string of the molecule is Cn1nc(-c2ccc(Cl)cc2)cc1NC(=NC1CCCCN(CC(=O)N2CCCC2)C1=O)NC#N. The second-order valence-corrected chi connectivity index (χ2v) is 9.18. The molecule has 0 radical (unpaired) electrons. The van der Waals surface area contributed by atoms with Gasteiger partial charge in [-0.05, 0) is 44.2 Å². The van der Waals surface area contributed by atoms with Crippen molar-refractivity contribution in [2.45, 2.75) is 38.1 Å². The Bertz CT molecular complexity index is 1130. The Labute approximate surface area is 209 Å². The summed E-state index contributed by atoms with van der Waals surface area (Å²) < 4.78 is 1.63. The van der Waals surface area contributed by atoms with Crippen LogP contribution in [0.15, 0.2) is 35.3 Å². The van der Waals surface area contributed by atoms with Crippen LogP contribution in [0.3, 0.4) is 0 Å². The van der Waals surface area contributed by atoms with Gasteiger partial charge in [-0.25, -0.2) is 4.99 Å². The number of nitrogens with one attached hydrogen (secondary N) is 2. The van der Waals surface area contributed by atoms with E-state index in [1.807, 2.05) is 29.3 Å². The summed E-state index contributed by atoms with van der Waals surface area (Å²) in [5.41, 5.74) is 1.61. The van der Waals surface area contributed by atoms with Gasteiger partial charge in [0.25, 0.3) is 0 Å². The summed E-state index contributed by atoms with van der Waals surface area (Å²) in [7, 11) is 1.77. The van der Waals surface area contributed by atoms with Gasteiger partial charge >= 0.3 is 0 Å². The van der Waals surface area contributed by atoms with Gasteiger partial charge in [-0.2, -0.15) is 10.4 Å². The van der Waals surface area contributed by atoms with E-state index in [4.69, 9.17) is 11.6 Å². The topological polar surface area (TPSA) is 119 Å². The third kappa shape index (κ3) is 6.11. The minimum atomic E-state index is -0.684. The van der Waals surface area contributed by atoms with Gasteiger partial charge in [0.1, 0.15) is 11.9 Å². The number of nitriles is 1. The van der Waals surface area contributed by atoms with Crippen molar-refractivity contribution >= 4 is 35.2 Å². The van der Waals surface area contributed by atoms with Crippen LogP contribution in [-0.2, 0) is 16.6 Å². The summed E-state index contributed by atoms with van der Waals surface area (Å²) in [5.74, 6) is 0.544. The van der Waals surface area contributed by atoms with Gasteiger partial charge in [0, 0.05) is 43.3 Å². The number of aryl methyl sites for hydroxylation is 1. The summed E-state index contributed by atoms with van der Waals surface area (Å²) >= 11 is 5.98. The second-order valence-electron chi connectivity index (χ2n) is 8.74. The smallest absolute Gasteiger partial charge is 0.247 e. The van der Waals surface area contributed by atoms with Crippen molar-refractivity contribution in [3.63, 3.8) is 0 Å². The van der Waals surface area contributed by atoms with Crippen LogP contribution in [0.1, 0.15) is 32.1 Å². The number of amides is 2. The summed E-state index contributed by atoms with van der Waals surface area (Å²) in [5, 5.41) is 20.1. The van der Waals surface area contributed by atoms with E-state index in [0.29, 0.717) is 23.8 Å².